The van der Waals surface area contributed by atoms with Crippen LogP contribution in [0.25, 0.3) is 0 Å². The van der Waals surface area contributed by atoms with Crippen LogP contribution in [-0.4, -0.2) is 29.8 Å². The highest BCUT2D eigenvalue weighted by molar-refractivity contribution is 5.93. The van der Waals surface area contributed by atoms with Crippen LogP contribution in [0, 0.1) is 24.6 Å². The zero-order valence-electron chi connectivity index (χ0n) is 12.8. The van der Waals surface area contributed by atoms with Gasteiger partial charge in [-0.3, -0.25) is 9.59 Å². The molecule has 2 fully saturated rings. The minimum atomic E-state index is -0.303. The van der Waals surface area contributed by atoms with Crippen molar-refractivity contribution >= 4 is 17.5 Å². The van der Waals surface area contributed by atoms with E-state index in [-0.39, 0.29) is 29.5 Å². The third-order valence-electron chi connectivity index (χ3n) is 4.55. The lowest BCUT2D eigenvalue weighted by Gasteiger charge is -2.31. The van der Waals surface area contributed by atoms with Crippen LogP contribution in [0.3, 0.4) is 0 Å². The number of aryl methyl sites for hydroxylation is 1. The standard InChI is InChI=1S/C17H21FN2O2/c1-11-10-14(18)4-5-15(11)19-16(21)12-6-8-20(9-7-12)17(22)13-2-3-13/h4-5,10,12-13H,2-3,6-9H2,1H3,(H,19,21). The molecule has 0 aromatic heterocycles. The topological polar surface area (TPSA) is 49.4 Å². The van der Waals surface area contributed by atoms with Crippen LogP contribution in [0.4, 0.5) is 10.1 Å². The van der Waals surface area contributed by atoms with Crippen molar-refractivity contribution in [1.29, 1.82) is 0 Å². The lowest BCUT2D eigenvalue weighted by Crippen LogP contribution is -2.42. The third kappa shape index (κ3) is 3.29. The number of halogens is 1. The summed E-state index contributed by atoms with van der Waals surface area (Å²) in [6.07, 6.45) is 3.43. The summed E-state index contributed by atoms with van der Waals surface area (Å²) < 4.78 is 13.1. The van der Waals surface area contributed by atoms with Crippen LogP contribution in [0.5, 0.6) is 0 Å². The molecular formula is C17H21FN2O2. The lowest BCUT2D eigenvalue weighted by atomic mass is 9.95. The summed E-state index contributed by atoms with van der Waals surface area (Å²) in [7, 11) is 0. The number of carbonyl (C=O) groups is 2. The molecule has 1 aliphatic heterocycles. The van der Waals surface area contributed by atoms with E-state index in [1.807, 2.05) is 4.90 Å². The maximum atomic E-state index is 13.1. The first kappa shape index (κ1) is 15.0. The van der Waals surface area contributed by atoms with Crippen LogP contribution < -0.4 is 5.32 Å². The molecule has 118 valence electrons. The number of hydrogen-bond acceptors (Lipinski definition) is 2. The number of anilines is 1. The van der Waals surface area contributed by atoms with Crippen molar-refractivity contribution in [2.45, 2.75) is 32.6 Å². The highest BCUT2D eigenvalue weighted by Gasteiger charge is 2.35. The van der Waals surface area contributed by atoms with Gasteiger partial charge >= 0.3 is 0 Å². The fourth-order valence-electron chi connectivity index (χ4n) is 2.95. The maximum absolute atomic E-state index is 13.1. The van der Waals surface area contributed by atoms with Gasteiger partial charge in [-0.2, -0.15) is 0 Å². The van der Waals surface area contributed by atoms with Gasteiger partial charge in [0.1, 0.15) is 5.82 Å². The molecule has 3 rings (SSSR count). The van der Waals surface area contributed by atoms with E-state index in [0.29, 0.717) is 31.6 Å². The minimum Gasteiger partial charge on any atom is -0.342 e. The van der Waals surface area contributed by atoms with Crippen molar-refractivity contribution in [2.75, 3.05) is 18.4 Å². The van der Waals surface area contributed by atoms with E-state index in [4.69, 9.17) is 0 Å². The molecule has 1 heterocycles. The molecule has 1 aliphatic carbocycles. The molecule has 1 aromatic rings. The van der Waals surface area contributed by atoms with E-state index < -0.39 is 0 Å². The Labute approximate surface area is 129 Å². The van der Waals surface area contributed by atoms with Gasteiger partial charge in [0, 0.05) is 30.6 Å². The summed E-state index contributed by atoms with van der Waals surface area (Å²) in [6.45, 7) is 3.10. The Morgan fingerprint density at radius 3 is 2.41 bits per heavy atom. The Morgan fingerprint density at radius 2 is 1.82 bits per heavy atom. The van der Waals surface area contributed by atoms with Gasteiger partial charge in [-0.25, -0.2) is 4.39 Å². The van der Waals surface area contributed by atoms with Gasteiger partial charge in [-0.05, 0) is 56.4 Å². The van der Waals surface area contributed by atoms with Gasteiger partial charge in [-0.1, -0.05) is 0 Å². The van der Waals surface area contributed by atoms with Gasteiger partial charge in [0.05, 0.1) is 0 Å². The smallest absolute Gasteiger partial charge is 0.227 e. The van der Waals surface area contributed by atoms with Crippen LogP contribution in [-0.2, 0) is 9.59 Å². The number of likely N-dealkylation sites (tertiary alicyclic amines) is 1. The Bertz CT molecular complexity index is 590. The molecule has 0 radical (unpaired) electrons. The molecule has 2 amide bonds. The first-order chi connectivity index (χ1) is 10.5. The van der Waals surface area contributed by atoms with Crippen molar-refractivity contribution in [2.24, 2.45) is 11.8 Å². The van der Waals surface area contributed by atoms with Gasteiger partial charge in [-0.15, -0.1) is 0 Å². The van der Waals surface area contributed by atoms with Crippen LogP contribution in [0.1, 0.15) is 31.2 Å². The summed E-state index contributed by atoms with van der Waals surface area (Å²) in [6, 6.07) is 4.35. The number of amides is 2. The summed E-state index contributed by atoms with van der Waals surface area (Å²) in [4.78, 5) is 26.2. The molecule has 2 aliphatic rings. The normalized spacial score (nSPS) is 19.1. The highest BCUT2D eigenvalue weighted by atomic mass is 19.1. The van der Waals surface area contributed by atoms with Crippen LogP contribution in [0.2, 0.25) is 0 Å². The fraction of sp³-hybridized carbons (Fsp3) is 0.529. The predicted octanol–water partition coefficient (Wildman–Crippen LogP) is 2.72. The van der Waals surface area contributed by atoms with Crippen molar-refractivity contribution in [1.82, 2.24) is 4.90 Å². The van der Waals surface area contributed by atoms with E-state index in [9.17, 15) is 14.0 Å². The average molecular weight is 304 g/mol. The molecule has 1 aromatic carbocycles. The number of nitrogens with one attached hydrogen (secondary N) is 1. The Balaban J connectivity index is 1.54. The molecule has 4 nitrogen and oxygen atoms in total. The minimum absolute atomic E-state index is 0.0340. The quantitative estimate of drug-likeness (QED) is 0.933. The predicted molar refractivity (Wildman–Crippen MR) is 81.8 cm³/mol. The molecule has 0 atom stereocenters. The molecule has 0 spiro atoms. The SMILES string of the molecule is Cc1cc(F)ccc1NC(=O)C1CCN(C(=O)C2CC2)CC1. The second-order valence-electron chi connectivity index (χ2n) is 6.32. The van der Waals surface area contributed by atoms with Crippen molar-refractivity contribution in [3.8, 4) is 0 Å². The number of benzene rings is 1. The van der Waals surface area contributed by atoms with E-state index in [1.54, 1.807) is 13.0 Å². The molecule has 1 saturated carbocycles. The first-order valence-electron chi connectivity index (χ1n) is 7.90. The number of carbonyl (C=O) groups excluding carboxylic acids is 2. The van der Waals surface area contributed by atoms with Gasteiger partial charge in [0.15, 0.2) is 0 Å². The van der Waals surface area contributed by atoms with E-state index in [1.165, 1.54) is 12.1 Å². The van der Waals surface area contributed by atoms with E-state index in [0.717, 1.165) is 18.4 Å². The maximum Gasteiger partial charge on any atom is 0.227 e. The molecular weight excluding hydrogens is 283 g/mol. The Hall–Kier alpha value is -1.91. The molecule has 0 unspecified atom stereocenters. The van der Waals surface area contributed by atoms with Crippen LogP contribution >= 0.6 is 0 Å². The average Bonchev–Trinajstić information content (AvgIpc) is 3.34. The summed E-state index contributed by atoms with van der Waals surface area (Å²) in [5.74, 6) is 0.0869. The molecule has 0 bridgehead atoms. The van der Waals surface area contributed by atoms with Crippen molar-refractivity contribution in [3.63, 3.8) is 0 Å². The molecule has 5 heteroatoms. The summed E-state index contributed by atoms with van der Waals surface area (Å²) in [5.41, 5.74) is 1.37. The Morgan fingerprint density at radius 1 is 1.14 bits per heavy atom. The third-order valence-corrected chi connectivity index (χ3v) is 4.55. The van der Waals surface area contributed by atoms with Crippen molar-refractivity contribution < 1.29 is 14.0 Å². The zero-order valence-corrected chi connectivity index (χ0v) is 12.8. The number of rotatable bonds is 3. The van der Waals surface area contributed by atoms with E-state index >= 15 is 0 Å². The fourth-order valence-corrected chi connectivity index (χ4v) is 2.95. The summed E-state index contributed by atoms with van der Waals surface area (Å²) >= 11 is 0. The van der Waals surface area contributed by atoms with Crippen LogP contribution in [0.15, 0.2) is 18.2 Å². The summed E-state index contributed by atoms with van der Waals surface area (Å²) in [5, 5.41) is 2.88. The second-order valence-corrected chi connectivity index (χ2v) is 6.32. The first-order valence-corrected chi connectivity index (χ1v) is 7.90. The number of hydrogen-bond donors (Lipinski definition) is 1. The van der Waals surface area contributed by atoms with Gasteiger partial charge in [0.2, 0.25) is 11.8 Å². The second kappa shape index (κ2) is 6.07. The number of nitrogens with zero attached hydrogens (tertiary/aromatic N) is 1. The largest absolute Gasteiger partial charge is 0.342 e. The highest BCUT2D eigenvalue weighted by Crippen LogP contribution is 2.32. The van der Waals surface area contributed by atoms with Gasteiger partial charge < -0.3 is 10.2 Å². The van der Waals surface area contributed by atoms with E-state index in [2.05, 4.69) is 5.32 Å². The molecule has 1 N–H and O–H groups in total. The van der Waals surface area contributed by atoms with Crippen molar-refractivity contribution in [3.05, 3.63) is 29.6 Å². The zero-order chi connectivity index (χ0) is 15.7. The molecule has 1 saturated heterocycles. The number of piperidine rings is 1. The Kier molecular flexibility index (Phi) is 4.14. The monoisotopic (exact) mass is 304 g/mol. The van der Waals surface area contributed by atoms with Gasteiger partial charge in [0.25, 0.3) is 0 Å². The molecule has 22 heavy (non-hydrogen) atoms. The lowest BCUT2D eigenvalue weighted by molar-refractivity contribution is -0.135.